The van der Waals surface area contributed by atoms with Gasteiger partial charge in [-0.05, 0) is 23.6 Å². The number of hydrogen-bond donors (Lipinski definition) is 1. The molecule has 0 saturated heterocycles. The SMILES string of the molecule is CCCc1ccc(C(N)c2ncc(Cl)cc2Cl)cc1. The minimum absolute atomic E-state index is 0.333. The number of aromatic nitrogens is 1. The first-order chi connectivity index (χ1) is 9.11. The second-order valence-electron chi connectivity index (χ2n) is 4.49. The van der Waals surface area contributed by atoms with Gasteiger partial charge in [0, 0.05) is 6.20 Å². The zero-order chi connectivity index (χ0) is 13.8. The third-order valence-electron chi connectivity index (χ3n) is 3.01. The molecule has 0 aliphatic rings. The van der Waals surface area contributed by atoms with Crippen molar-refractivity contribution in [3.8, 4) is 0 Å². The highest BCUT2D eigenvalue weighted by molar-refractivity contribution is 6.34. The van der Waals surface area contributed by atoms with Crippen LogP contribution in [-0.4, -0.2) is 4.98 Å². The number of hydrogen-bond acceptors (Lipinski definition) is 2. The largest absolute Gasteiger partial charge is 0.319 e. The Balaban J connectivity index is 2.25. The zero-order valence-corrected chi connectivity index (χ0v) is 12.2. The minimum Gasteiger partial charge on any atom is -0.319 e. The third-order valence-corrected chi connectivity index (χ3v) is 3.52. The van der Waals surface area contributed by atoms with E-state index in [0.717, 1.165) is 18.4 Å². The summed E-state index contributed by atoms with van der Waals surface area (Å²) in [6, 6.07) is 9.59. The quantitative estimate of drug-likeness (QED) is 0.908. The second kappa shape index (κ2) is 6.38. The van der Waals surface area contributed by atoms with Gasteiger partial charge in [-0.25, -0.2) is 0 Å². The molecule has 0 fully saturated rings. The van der Waals surface area contributed by atoms with E-state index < -0.39 is 0 Å². The van der Waals surface area contributed by atoms with Gasteiger partial charge in [-0.1, -0.05) is 60.8 Å². The summed E-state index contributed by atoms with van der Waals surface area (Å²) in [6.07, 6.45) is 3.78. The highest BCUT2D eigenvalue weighted by atomic mass is 35.5. The molecule has 100 valence electrons. The highest BCUT2D eigenvalue weighted by Crippen LogP contribution is 2.26. The molecule has 2 nitrogen and oxygen atoms in total. The molecule has 1 unspecified atom stereocenters. The number of aryl methyl sites for hydroxylation is 1. The Bertz CT molecular complexity index is 553. The molecule has 1 atom stereocenters. The molecule has 19 heavy (non-hydrogen) atoms. The van der Waals surface area contributed by atoms with E-state index in [1.807, 2.05) is 12.1 Å². The molecule has 2 aromatic rings. The Morgan fingerprint density at radius 2 is 1.89 bits per heavy atom. The van der Waals surface area contributed by atoms with Gasteiger partial charge in [-0.3, -0.25) is 4.98 Å². The Labute approximate surface area is 123 Å². The van der Waals surface area contributed by atoms with Gasteiger partial charge in [0.15, 0.2) is 0 Å². The molecule has 2 N–H and O–H groups in total. The van der Waals surface area contributed by atoms with Crippen LogP contribution in [0.5, 0.6) is 0 Å². The number of benzene rings is 1. The number of pyridine rings is 1. The molecular weight excluding hydrogens is 279 g/mol. The van der Waals surface area contributed by atoms with Crippen molar-refractivity contribution in [3.05, 3.63) is 63.4 Å². The fraction of sp³-hybridized carbons (Fsp3) is 0.267. The molecule has 1 aromatic carbocycles. The number of rotatable bonds is 4. The van der Waals surface area contributed by atoms with E-state index in [9.17, 15) is 0 Å². The summed E-state index contributed by atoms with van der Waals surface area (Å²) in [6.45, 7) is 2.16. The third kappa shape index (κ3) is 3.47. The normalized spacial score (nSPS) is 12.4. The Hall–Kier alpha value is -1.09. The predicted octanol–water partition coefficient (Wildman–Crippen LogP) is 4.39. The van der Waals surface area contributed by atoms with Crippen LogP contribution in [0.15, 0.2) is 36.5 Å². The van der Waals surface area contributed by atoms with Crippen LogP contribution in [0.2, 0.25) is 10.0 Å². The maximum Gasteiger partial charge on any atom is 0.0803 e. The Kier molecular flexibility index (Phi) is 4.81. The van der Waals surface area contributed by atoms with Crippen molar-refractivity contribution in [3.63, 3.8) is 0 Å². The molecule has 0 amide bonds. The molecule has 4 heteroatoms. The van der Waals surface area contributed by atoms with Gasteiger partial charge < -0.3 is 5.73 Å². The lowest BCUT2D eigenvalue weighted by atomic mass is 10.0. The summed E-state index contributed by atoms with van der Waals surface area (Å²) in [7, 11) is 0. The molecule has 0 bridgehead atoms. The van der Waals surface area contributed by atoms with Crippen molar-refractivity contribution in [2.75, 3.05) is 0 Å². The van der Waals surface area contributed by atoms with Crippen LogP contribution < -0.4 is 5.73 Å². The molecule has 1 heterocycles. The van der Waals surface area contributed by atoms with Gasteiger partial charge in [-0.2, -0.15) is 0 Å². The van der Waals surface area contributed by atoms with E-state index in [2.05, 4.69) is 24.0 Å². The zero-order valence-electron chi connectivity index (χ0n) is 10.7. The molecule has 2 rings (SSSR count). The lowest BCUT2D eigenvalue weighted by Crippen LogP contribution is -2.14. The van der Waals surface area contributed by atoms with Gasteiger partial charge >= 0.3 is 0 Å². The first-order valence-corrected chi connectivity index (χ1v) is 7.02. The van der Waals surface area contributed by atoms with Crippen LogP contribution in [0, 0.1) is 0 Å². The van der Waals surface area contributed by atoms with Crippen molar-refractivity contribution in [2.45, 2.75) is 25.8 Å². The molecular formula is C15H16Cl2N2. The van der Waals surface area contributed by atoms with Crippen LogP contribution in [-0.2, 0) is 6.42 Å². The Morgan fingerprint density at radius 1 is 1.21 bits per heavy atom. The Morgan fingerprint density at radius 3 is 2.47 bits per heavy atom. The maximum absolute atomic E-state index is 6.20. The molecule has 1 aromatic heterocycles. The first-order valence-electron chi connectivity index (χ1n) is 6.27. The van der Waals surface area contributed by atoms with Crippen molar-refractivity contribution < 1.29 is 0 Å². The van der Waals surface area contributed by atoms with Gasteiger partial charge in [0.25, 0.3) is 0 Å². The van der Waals surface area contributed by atoms with Crippen molar-refractivity contribution in [1.82, 2.24) is 4.98 Å². The van der Waals surface area contributed by atoms with Gasteiger partial charge in [0.05, 0.1) is 21.8 Å². The fourth-order valence-electron chi connectivity index (χ4n) is 1.99. The van der Waals surface area contributed by atoms with Crippen LogP contribution in [0.4, 0.5) is 0 Å². The standard InChI is InChI=1S/C15H16Cl2N2/c1-2-3-10-4-6-11(7-5-10)14(18)15-13(17)8-12(16)9-19-15/h4-9,14H,2-3,18H2,1H3. The monoisotopic (exact) mass is 294 g/mol. The van der Waals surface area contributed by atoms with E-state index in [-0.39, 0.29) is 6.04 Å². The number of nitrogens with two attached hydrogens (primary N) is 1. The maximum atomic E-state index is 6.20. The number of nitrogens with zero attached hydrogens (tertiary/aromatic N) is 1. The smallest absolute Gasteiger partial charge is 0.0803 e. The van der Waals surface area contributed by atoms with E-state index >= 15 is 0 Å². The molecule has 0 spiro atoms. The van der Waals surface area contributed by atoms with Gasteiger partial charge in [0.2, 0.25) is 0 Å². The van der Waals surface area contributed by atoms with Gasteiger partial charge in [0.1, 0.15) is 0 Å². The summed E-state index contributed by atoms with van der Waals surface area (Å²) in [5.74, 6) is 0. The number of halogens is 2. The summed E-state index contributed by atoms with van der Waals surface area (Å²) >= 11 is 12.0. The first kappa shape index (κ1) is 14.3. The summed E-state index contributed by atoms with van der Waals surface area (Å²) in [5, 5.41) is 1.01. The lowest BCUT2D eigenvalue weighted by Gasteiger charge is -2.13. The minimum atomic E-state index is -0.333. The van der Waals surface area contributed by atoms with Crippen LogP contribution in [0.1, 0.15) is 36.2 Å². The molecule has 0 aliphatic heterocycles. The lowest BCUT2D eigenvalue weighted by molar-refractivity contribution is 0.826. The summed E-state index contributed by atoms with van der Waals surface area (Å²) < 4.78 is 0. The van der Waals surface area contributed by atoms with Crippen LogP contribution in [0.25, 0.3) is 0 Å². The van der Waals surface area contributed by atoms with Crippen molar-refractivity contribution in [1.29, 1.82) is 0 Å². The fourth-order valence-corrected chi connectivity index (χ4v) is 2.49. The topological polar surface area (TPSA) is 38.9 Å². The molecule has 0 radical (unpaired) electrons. The highest BCUT2D eigenvalue weighted by Gasteiger charge is 2.14. The molecule has 0 aliphatic carbocycles. The van der Waals surface area contributed by atoms with Crippen LogP contribution >= 0.6 is 23.2 Å². The average molecular weight is 295 g/mol. The predicted molar refractivity (Wildman–Crippen MR) is 80.7 cm³/mol. The summed E-state index contributed by atoms with van der Waals surface area (Å²) in [4.78, 5) is 4.22. The summed E-state index contributed by atoms with van der Waals surface area (Å²) in [5.41, 5.74) is 9.16. The van der Waals surface area contributed by atoms with Crippen LogP contribution in [0.3, 0.4) is 0 Å². The second-order valence-corrected chi connectivity index (χ2v) is 5.33. The average Bonchev–Trinajstić information content (AvgIpc) is 2.39. The van der Waals surface area contributed by atoms with Crippen molar-refractivity contribution >= 4 is 23.2 Å². The van der Waals surface area contributed by atoms with E-state index in [4.69, 9.17) is 28.9 Å². The molecule has 0 saturated carbocycles. The van der Waals surface area contributed by atoms with E-state index in [0.29, 0.717) is 15.7 Å². The van der Waals surface area contributed by atoms with E-state index in [1.54, 1.807) is 12.3 Å². The van der Waals surface area contributed by atoms with Gasteiger partial charge in [-0.15, -0.1) is 0 Å². The van der Waals surface area contributed by atoms with Crippen molar-refractivity contribution in [2.24, 2.45) is 5.73 Å². The van der Waals surface area contributed by atoms with E-state index in [1.165, 1.54) is 5.56 Å².